The van der Waals surface area contributed by atoms with E-state index in [1.54, 1.807) is 36.0 Å². The number of aromatic nitrogens is 1. The molecule has 0 bridgehead atoms. The number of imide groups is 1. The molecule has 1 unspecified atom stereocenters. The number of nitrogens with zero attached hydrogens (tertiary/aromatic N) is 2. The largest absolute Gasteiger partial charge is 0.300 e. The first kappa shape index (κ1) is 20.6. The van der Waals surface area contributed by atoms with E-state index in [-0.39, 0.29) is 0 Å². The smallest absolute Gasteiger partial charge is 0.262 e. The Balaban J connectivity index is 1.60. The molecule has 0 aliphatic carbocycles. The quantitative estimate of drug-likeness (QED) is 0.558. The molecule has 0 fully saturated rings. The van der Waals surface area contributed by atoms with E-state index in [1.807, 2.05) is 18.4 Å². The van der Waals surface area contributed by atoms with E-state index in [9.17, 15) is 14.4 Å². The molecule has 4 rings (SSSR count). The lowest BCUT2D eigenvalue weighted by Gasteiger charge is -2.24. The van der Waals surface area contributed by atoms with E-state index in [1.165, 1.54) is 16.9 Å². The highest BCUT2D eigenvalue weighted by Crippen LogP contribution is 2.29. The highest BCUT2D eigenvalue weighted by atomic mass is 32.2. The van der Waals surface area contributed by atoms with Gasteiger partial charge in [0, 0.05) is 0 Å². The number of hydrogen-bond acceptors (Lipinski definition) is 6. The van der Waals surface area contributed by atoms with Crippen LogP contribution >= 0.6 is 23.1 Å². The standard InChI is InChI=1S/C22H21N3O3S2/c1-3-13-8-9-16-18(12-13)30-22(23-16)24-19(26)17(10-11-29-2)25-20(27)14-6-4-5-7-15(14)21(25)28/h4-9,12,17H,3,10-11H2,1-2H3,(H,23,24,26). The zero-order valence-corrected chi connectivity index (χ0v) is 18.3. The molecule has 6 nitrogen and oxygen atoms in total. The maximum atomic E-state index is 13.1. The van der Waals surface area contributed by atoms with Crippen LogP contribution in [-0.2, 0) is 11.2 Å². The van der Waals surface area contributed by atoms with Crippen LogP contribution in [0.1, 0.15) is 39.6 Å². The predicted molar refractivity (Wildman–Crippen MR) is 121 cm³/mol. The number of carbonyl (C=O) groups is 3. The molecule has 3 aromatic rings. The number of hydrogen-bond donors (Lipinski definition) is 1. The summed E-state index contributed by atoms with van der Waals surface area (Å²) in [4.78, 5) is 44.5. The second-order valence-corrected chi connectivity index (χ2v) is 9.00. The van der Waals surface area contributed by atoms with E-state index < -0.39 is 23.8 Å². The van der Waals surface area contributed by atoms with Gasteiger partial charge in [-0.05, 0) is 54.7 Å². The monoisotopic (exact) mass is 439 g/mol. The molecule has 1 aromatic heterocycles. The number of fused-ring (bicyclic) bond motifs is 2. The van der Waals surface area contributed by atoms with Gasteiger partial charge in [0.15, 0.2) is 5.13 Å². The third kappa shape index (κ3) is 3.73. The van der Waals surface area contributed by atoms with Gasteiger partial charge in [-0.1, -0.05) is 36.5 Å². The molecule has 8 heteroatoms. The van der Waals surface area contributed by atoms with E-state index in [2.05, 4.69) is 23.3 Å². The molecule has 2 heterocycles. The zero-order valence-electron chi connectivity index (χ0n) is 16.7. The summed E-state index contributed by atoms with van der Waals surface area (Å²) < 4.78 is 0.992. The lowest BCUT2D eigenvalue weighted by Crippen LogP contribution is -2.47. The Morgan fingerprint density at radius 3 is 2.50 bits per heavy atom. The Morgan fingerprint density at radius 1 is 1.17 bits per heavy atom. The van der Waals surface area contributed by atoms with Gasteiger partial charge in [-0.3, -0.25) is 19.3 Å². The van der Waals surface area contributed by atoms with Crippen molar-refractivity contribution in [3.8, 4) is 0 Å². The van der Waals surface area contributed by atoms with Crippen molar-refractivity contribution in [1.29, 1.82) is 0 Å². The van der Waals surface area contributed by atoms with Crippen LogP contribution in [0.25, 0.3) is 10.2 Å². The first-order valence-corrected chi connectivity index (χ1v) is 11.9. The number of anilines is 1. The van der Waals surface area contributed by atoms with Gasteiger partial charge in [0.05, 0.1) is 21.3 Å². The van der Waals surface area contributed by atoms with Crippen molar-refractivity contribution in [3.63, 3.8) is 0 Å². The zero-order chi connectivity index (χ0) is 21.3. The molecule has 0 spiro atoms. The average molecular weight is 440 g/mol. The summed E-state index contributed by atoms with van der Waals surface area (Å²) >= 11 is 2.96. The van der Waals surface area contributed by atoms with Crippen LogP contribution < -0.4 is 5.32 Å². The number of thioether (sulfide) groups is 1. The summed E-state index contributed by atoms with van der Waals surface area (Å²) in [7, 11) is 0. The molecule has 2 aromatic carbocycles. The molecule has 30 heavy (non-hydrogen) atoms. The molecule has 1 aliphatic heterocycles. The van der Waals surface area contributed by atoms with Crippen LogP contribution in [0.3, 0.4) is 0 Å². The number of amides is 3. The minimum atomic E-state index is -0.886. The van der Waals surface area contributed by atoms with Crippen LogP contribution in [0.5, 0.6) is 0 Å². The van der Waals surface area contributed by atoms with Crippen LogP contribution in [0, 0.1) is 0 Å². The summed E-state index contributed by atoms with van der Waals surface area (Å²) in [5.41, 5.74) is 2.70. The Labute approximate surface area is 182 Å². The molecule has 1 atom stereocenters. The average Bonchev–Trinajstić information content (AvgIpc) is 3.27. The van der Waals surface area contributed by atoms with Crippen molar-refractivity contribution >= 4 is 56.2 Å². The minimum Gasteiger partial charge on any atom is -0.300 e. The van der Waals surface area contributed by atoms with Crippen LogP contribution in [0.4, 0.5) is 5.13 Å². The highest BCUT2D eigenvalue weighted by molar-refractivity contribution is 7.98. The molecule has 1 aliphatic rings. The number of benzene rings is 2. The van der Waals surface area contributed by atoms with E-state index in [0.717, 1.165) is 21.5 Å². The maximum Gasteiger partial charge on any atom is 0.262 e. The SMILES string of the molecule is CCc1ccc2nc(NC(=O)C(CCSC)N3C(=O)c4ccccc4C3=O)sc2c1. The maximum absolute atomic E-state index is 13.1. The molecule has 154 valence electrons. The van der Waals surface area contributed by atoms with Gasteiger partial charge >= 0.3 is 0 Å². The highest BCUT2D eigenvalue weighted by Gasteiger charge is 2.42. The molecular weight excluding hydrogens is 418 g/mol. The fourth-order valence-corrected chi connectivity index (χ4v) is 4.92. The molecule has 0 radical (unpaired) electrons. The first-order chi connectivity index (χ1) is 14.5. The lowest BCUT2D eigenvalue weighted by atomic mass is 10.1. The van der Waals surface area contributed by atoms with Crippen molar-refractivity contribution in [2.24, 2.45) is 0 Å². The Morgan fingerprint density at radius 2 is 1.87 bits per heavy atom. The minimum absolute atomic E-state index is 0.344. The van der Waals surface area contributed by atoms with Gasteiger partial charge in [-0.2, -0.15) is 11.8 Å². The van der Waals surface area contributed by atoms with Crippen molar-refractivity contribution < 1.29 is 14.4 Å². The van der Waals surface area contributed by atoms with Crippen molar-refractivity contribution in [2.45, 2.75) is 25.8 Å². The topological polar surface area (TPSA) is 79.4 Å². The van der Waals surface area contributed by atoms with Gasteiger partial charge in [0.25, 0.3) is 11.8 Å². The van der Waals surface area contributed by atoms with Crippen molar-refractivity contribution in [3.05, 3.63) is 59.2 Å². The van der Waals surface area contributed by atoms with E-state index in [0.29, 0.717) is 28.4 Å². The summed E-state index contributed by atoms with van der Waals surface area (Å²) in [6, 6.07) is 11.8. The van der Waals surface area contributed by atoms with Gasteiger partial charge in [-0.15, -0.1) is 0 Å². The van der Waals surface area contributed by atoms with Gasteiger partial charge in [0.2, 0.25) is 5.91 Å². The van der Waals surface area contributed by atoms with E-state index >= 15 is 0 Å². The number of aryl methyl sites for hydroxylation is 1. The second-order valence-electron chi connectivity index (χ2n) is 6.99. The molecule has 0 saturated carbocycles. The summed E-state index contributed by atoms with van der Waals surface area (Å²) in [6.45, 7) is 2.09. The number of rotatable bonds is 7. The van der Waals surface area contributed by atoms with Crippen molar-refractivity contribution in [1.82, 2.24) is 9.88 Å². The van der Waals surface area contributed by atoms with Crippen LogP contribution in [0.15, 0.2) is 42.5 Å². The molecule has 0 saturated heterocycles. The van der Waals surface area contributed by atoms with Crippen LogP contribution in [0.2, 0.25) is 0 Å². The normalized spacial score (nSPS) is 14.3. The summed E-state index contributed by atoms with van der Waals surface area (Å²) in [5.74, 6) is -0.596. The van der Waals surface area contributed by atoms with Crippen LogP contribution in [-0.4, -0.2) is 45.7 Å². The third-order valence-corrected chi connectivity index (χ3v) is 6.70. The van der Waals surface area contributed by atoms with Gasteiger partial charge in [0.1, 0.15) is 6.04 Å². The summed E-state index contributed by atoms with van der Waals surface area (Å²) in [6.07, 6.45) is 3.23. The summed E-state index contributed by atoms with van der Waals surface area (Å²) in [5, 5.41) is 3.30. The van der Waals surface area contributed by atoms with E-state index in [4.69, 9.17) is 0 Å². The Kier molecular flexibility index (Phi) is 5.87. The number of nitrogens with one attached hydrogen (secondary N) is 1. The lowest BCUT2D eigenvalue weighted by molar-refractivity contribution is -0.120. The third-order valence-electron chi connectivity index (χ3n) is 5.13. The van der Waals surface area contributed by atoms with Gasteiger partial charge in [-0.25, -0.2) is 4.98 Å². The van der Waals surface area contributed by atoms with Gasteiger partial charge < -0.3 is 5.32 Å². The molecule has 3 amide bonds. The fraction of sp³-hybridized carbons (Fsp3) is 0.273. The van der Waals surface area contributed by atoms with Crippen molar-refractivity contribution in [2.75, 3.05) is 17.3 Å². The Bertz CT molecular complexity index is 1110. The Hall–Kier alpha value is -2.71. The molecular formula is C22H21N3O3S2. The number of carbonyl (C=O) groups excluding carboxylic acids is 3. The molecule has 1 N–H and O–H groups in total. The first-order valence-electron chi connectivity index (χ1n) is 9.69. The predicted octanol–water partition coefficient (Wildman–Crippen LogP) is 4.22. The number of thiazole rings is 1. The second kappa shape index (κ2) is 8.57. The fourth-order valence-electron chi connectivity index (χ4n) is 3.53.